The fourth-order valence-electron chi connectivity index (χ4n) is 3.08. The lowest BCUT2D eigenvalue weighted by molar-refractivity contribution is 0.278. The van der Waals surface area contributed by atoms with Crippen molar-refractivity contribution in [2.45, 2.75) is 17.9 Å². The number of sulfonamides is 1. The van der Waals surface area contributed by atoms with Gasteiger partial charge in [-0.25, -0.2) is 8.42 Å². The Morgan fingerprint density at radius 1 is 0.920 bits per heavy atom. The van der Waals surface area contributed by atoms with Gasteiger partial charge in [-0.15, -0.1) is 0 Å². The van der Waals surface area contributed by atoms with Gasteiger partial charge in [0.1, 0.15) is 5.75 Å². The van der Waals surface area contributed by atoms with Crippen LogP contribution in [0.4, 0.5) is 0 Å². The van der Waals surface area contributed by atoms with Gasteiger partial charge in [-0.1, -0.05) is 30.3 Å². The Hall–Kier alpha value is -1.89. The highest BCUT2D eigenvalue weighted by Gasteiger charge is 2.26. The van der Waals surface area contributed by atoms with Crippen molar-refractivity contribution in [3.05, 3.63) is 60.2 Å². The van der Waals surface area contributed by atoms with E-state index in [0.29, 0.717) is 23.7 Å². The molecule has 0 aliphatic carbocycles. The Bertz CT molecular complexity index is 776. The molecule has 0 saturated carbocycles. The van der Waals surface area contributed by atoms with Crippen molar-refractivity contribution in [2.75, 3.05) is 33.3 Å². The molecule has 1 heterocycles. The van der Waals surface area contributed by atoms with Gasteiger partial charge in [0.05, 0.1) is 12.0 Å². The average molecular weight is 360 g/mol. The molecular formula is C19H24N2O3S. The number of hydrogen-bond acceptors (Lipinski definition) is 4. The van der Waals surface area contributed by atoms with E-state index in [1.165, 1.54) is 5.56 Å². The number of ether oxygens (including phenoxy) is 1. The van der Waals surface area contributed by atoms with Crippen molar-refractivity contribution in [1.29, 1.82) is 0 Å². The summed E-state index contributed by atoms with van der Waals surface area (Å²) in [6, 6.07) is 16.9. The second kappa shape index (κ2) is 7.99. The molecule has 0 spiro atoms. The molecule has 0 unspecified atom stereocenters. The molecule has 1 aliphatic heterocycles. The predicted molar refractivity (Wildman–Crippen MR) is 98.1 cm³/mol. The highest BCUT2D eigenvalue weighted by atomic mass is 32.2. The molecule has 1 saturated heterocycles. The molecule has 1 aliphatic rings. The second-order valence-corrected chi connectivity index (χ2v) is 8.13. The summed E-state index contributed by atoms with van der Waals surface area (Å²) >= 11 is 0. The topological polar surface area (TPSA) is 49.9 Å². The average Bonchev–Trinajstić information content (AvgIpc) is 2.89. The summed E-state index contributed by atoms with van der Waals surface area (Å²) in [4.78, 5) is 2.64. The molecule has 0 aromatic heterocycles. The SMILES string of the molecule is COc1ccc(S(=O)(=O)N2CCCN(Cc3ccccc3)CC2)cc1. The van der Waals surface area contributed by atoms with Crippen LogP contribution < -0.4 is 4.74 Å². The second-order valence-electron chi connectivity index (χ2n) is 6.19. The Labute approximate surface area is 149 Å². The molecule has 3 rings (SSSR count). The standard InChI is InChI=1S/C19H24N2O3S/c1-24-18-8-10-19(11-9-18)25(22,23)21-13-5-12-20(14-15-21)16-17-6-3-2-4-7-17/h2-4,6-11H,5,12-16H2,1H3. The van der Waals surface area contributed by atoms with Crippen LogP contribution in [0.5, 0.6) is 5.75 Å². The third-order valence-corrected chi connectivity index (χ3v) is 6.41. The third-order valence-electron chi connectivity index (χ3n) is 4.49. The van der Waals surface area contributed by atoms with Crippen molar-refractivity contribution in [3.63, 3.8) is 0 Å². The zero-order valence-electron chi connectivity index (χ0n) is 14.5. The lowest BCUT2D eigenvalue weighted by Crippen LogP contribution is -2.35. The minimum Gasteiger partial charge on any atom is -0.497 e. The van der Waals surface area contributed by atoms with Crippen LogP contribution in [0.25, 0.3) is 0 Å². The molecule has 0 radical (unpaired) electrons. The minimum absolute atomic E-state index is 0.324. The summed E-state index contributed by atoms with van der Waals surface area (Å²) in [5.41, 5.74) is 1.26. The minimum atomic E-state index is -3.46. The summed E-state index contributed by atoms with van der Waals surface area (Å²) < 4.78 is 32.4. The Morgan fingerprint density at radius 2 is 1.64 bits per heavy atom. The largest absolute Gasteiger partial charge is 0.497 e. The summed E-state index contributed by atoms with van der Waals surface area (Å²) in [5.74, 6) is 0.656. The number of rotatable bonds is 5. The molecule has 0 N–H and O–H groups in total. The molecule has 0 atom stereocenters. The van der Waals surface area contributed by atoms with Crippen LogP contribution in [0.1, 0.15) is 12.0 Å². The van der Waals surface area contributed by atoms with Gasteiger partial charge in [-0.05, 0) is 42.8 Å². The van der Waals surface area contributed by atoms with Gasteiger partial charge in [0, 0.05) is 26.2 Å². The first-order valence-corrected chi connectivity index (χ1v) is 9.94. The fraction of sp³-hybridized carbons (Fsp3) is 0.368. The molecule has 5 nitrogen and oxygen atoms in total. The van der Waals surface area contributed by atoms with E-state index in [-0.39, 0.29) is 0 Å². The van der Waals surface area contributed by atoms with Crippen molar-refractivity contribution in [3.8, 4) is 5.75 Å². The zero-order valence-corrected chi connectivity index (χ0v) is 15.3. The summed E-state index contributed by atoms with van der Waals surface area (Å²) in [6.45, 7) is 3.58. The molecule has 2 aromatic rings. The van der Waals surface area contributed by atoms with E-state index in [4.69, 9.17) is 4.74 Å². The number of nitrogens with zero attached hydrogens (tertiary/aromatic N) is 2. The van der Waals surface area contributed by atoms with E-state index in [1.807, 2.05) is 18.2 Å². The van der Waals surface area contributed by atoms with Crippen molar-refractivity contribution in [2.24, 2.45) is 0 Å². The van der Waals surface area contributed by atoms with Gasteiger partial charge in [-0.3, -0.25) is 4.90 Å². The third kappa shape index (κ3) is 4.39. The number of hydrogen-bond donors (Lipinski definition) is 0. The van der Waals surface area contributed by atoms with Crippen LogP contribution >= 0.6 is 0 Å². The van der Waals surface area contributed by atoms with Gasteiger partial charge in [0.15, 0.2) is 0 Å². The summed E-state index contributed by atoms with van der Waals surface area (Å²) in [6.07, 6.45) is 0.836. The molecule has 0 bridgehead atoms. The Balaban J connectivity index is 1.67. The van der Waals surface area contributed by atoms with E-state index in [2.05, 4.69) is 17.0 Å². The molecule has 25 heavy (non-hydrogen) atoms. The lowest BCUT2D eigenvalue weighted by atomic mass is 10.2. The van der Waals surface area contributed by atoms with Gasteiger partial charge in [0.2, 0.25) is 10.0 Å². The monoisotopic (exact) mass is 360 g/mol. The maximum atomic E-state index is 12.9. The Kier molecular flexibility index (Phi) is 5.73. The first-order valence-electron chi connectivity index (χ1n) is 8.50. The van der Waals surface area contributed by atoms with Crippen LogP contribution in [0.3, 0.4) is 0 Å². The maximum Gasteiger partial charge on any atom is 0.243 e. The molecular weight excluding hydrogens is 336 g/mol. The van der Waals surface area contributed by atoms with Gasteiger partial charge < -0.3 is 4.74 Å². The first-order chi connectivity index (χ1) is 12.1. The number of benzene rings is 2. The van der Waals surface area contributed by atoms with E-state index >= 15 is 0 Å². The van der Waals surface area contributed by atoms with Crippen molar-refractivity contribution >= 4 is 10.0 Å². The fourth-order valence-corrected chi connectivity index (χ4v) is 4.55. The van der Waals surface area contributed by atoms with Gasteiger partial charge >= 0.3 is 0 Å². The molecule has 6 heteroatoms. The van der Waals surface area contributed by atoms with Crippen LogP contribution in [-0.2, 0) is 16.6 Å². The molecule has 1 fully saturated rings. The van der Waals surface area contributed by atoms with E-state index in [0.717, 1.165) is 26.1 Å². The first kappa shape index (κ1) is 17.9. The van der Waals surface area contributed by atoms with Crippen LogP contribution in [0.15, 0.2) is 59.5 Å². The maximum absolute atomic E-state index is 12.9. The van der Waals surface area contributed by atoms with Crippen molar-refractivity contribution in [1.82, 2.24) is 9.21 Å². The van der Waals surface area contributed by atoms with E-state index in [1.54, 1.807) is 35.7 Å². The Morgan fingerprint density at radius 3 is 2.32 bits per heavy atom. The van der Waals surface area contributed by atoms with Crippen LogP contribution in [0, 0.1) is 0 Å². The summed E-state index contributed by atoms with van der Waals surface area (Å²) in [7, 11) is -1.89. The van der Waals surface area contributed by atoms with E-state index < -0.39 is 10.0 Å². The predicted octanol–water partition coefficient (Wildman–Crippen LogP) is 2.59. The smallest absolute Gasteiger partial charge is 0.243 e. The molecule has 0 amide bonds. The number of methoxy groups -OCH3 is 1. The van der Waals surface area contributed by atoms with Gasteiger partial charge in [-0.2, -0.15) is 4.31 Å². The zero-order chi connectivity index (χ0) is 17.7. The highest BCUT2D eigenvalue weighted by molar-refractivity contribution is 7.89. The molecule has 134 valence electrons. The van der Waals surface area contributed by atoms with Crippen molar-refractivity contribution < 1.29 is 13.2 Å². The normalized spacial score (nSPS) is 17.2. The van der Waals surface area contributed by atoms with E-state index in [9.17, 15) is 8.42 Å². The van der Waals surface area contributed by atoms with Crippen LogP contribution in [-0.4, -0.2) is 50.9 Å². The van der Waals surface area contributed by atoms with Crippen LogP contribution in [0.2, 0.25) is 0 Å². The van der Waals surface area contributed by atoms with Gasteiger partial charge in [0.25, 0.3) is 0 Å². The highest BCUT2D eigenvalue weighted by Crippen LogP contribution is 2.21. The lowest BCUT2D eigenvalue weighted by Gasteiger charge is -2.22. The summed E-state index contributed by atoms with van der Waals surface area (Å²) in [5, 5.41) is 0. The quantitative estimate of drug-likeness (QED) is 0.822. The molecule has 2 aromatic carbocycles.